The molecule has 7 unspecified atom stereocenters. The monoisotopic (exact) mass is 748 g/mol. The molecule has 0 aromatic carbocycles. The summed E-state index contributed by atoms with van der Waals surface area (Å²) in [6, 6.07) is 0. The van der Waals surface area contributed by atoms with Crippen molar-refractivity contribution in [1.82, 2.24) is 0 Å². The van der Waals surface area contributed by atoms with E-state index in [-0.39, 0.29) is 54.7 Å². The maximum absolute atomic E-state index is 11.5. The predicted octanol–water partition coefficient (Wildman–Crippen LogP) is -1.49. The van der Waals surface area contributed by atoms with Gasteiger partial charge in [-0.1, -0.05) is 14.9 Å². The van der Waals surface area contributed by atoms with Gasteiger partial charge in [-0.3, -0.25) is 0 Å². The summed E-state index contributed by atoms with van der Waals surface area (Å²) in [4.78, 5) is 64.4. The van der Waals surface area contributed by atoms with Gasteiger partial charge in [0.05, 0.1) is 39.6 Å². The molecule has 0 bridgehead atoms. The topological polar surface area (TPSA) is 299 Å². The van der Waals surface area contributed by atoms with Gasteiger partial charge in [-0.25, -0.2) is 28.8 Å². The molecular weight excluding hydrogens is 704 g/mol. The normalized spacial score (nSPS) is 24.6. The number of carbonyl (C=O) groups is 6. The lowest BCUT2D eigenvalue weighted by Gasteiger charge is -2.15. The van der Waals surface area contributed by atoms with Gasteiger partial charge < -0.3 is 81.6 Å². The van der Waals surface area contributed by atoms with Crippen LogP contribution in [0.25, 0.3) is 0 Å². The lowest BCUT2D eigenvalue weighted by atomic mass is 10.4. The number of aliphatic carboxylic acids is 1. The number of esters is 2. The Morgan fingerprint density at radius 3 is 1.24 bits per heavy atom. The molecular formula is C28H44O23. The molecule has 5 saturated heterocycles. The third-order valence-corrected chi connectivity index (χ3v) is 5.78. The van der Waals surface area contributed by atoms with E-state index >= 15 is 0 Å². The van der Waals surface area contributed by atoms with E-state index in [1.54, 1.807) is 0 Å². The predicted molar refractivity (Wildman–Crippen MR) is 157 cm³/mol. The van der Waals surface area contributed by atoms with Crippen LogP contribution in [0.2, 0.25) is 0 Å². The Morgan fingerprint density at radius 1 is 0.588 bits per heavy atom. The van der Waals surface area contributed by atoms with Crippen LogP contribution in [-0.4, -0.2) is 181 Å². The van der Waals surface area contributed by atoms with E-state index in [1.165, 1.54) is 0 Å². The zero-order chi connectivity index (χ0) is 35.6. The molecule has 0 radical (unpaired) electrons. The summed E-state index contributed by atoms with van der Waals surface area (Å²) in [7, 11) is 0. The van der Waals surface area contributed by atoms with E-state index in [0.717, 1.165) is 13.2 Å². The minimum Gasteiger partial charge on any atom is -0.478 e. The number of cyclic esters (lactones) is 6. The average Bonchev–Trinajstić information content (AvgIpc) is 3.94. The minimum absolute atomic E-state index is 0. The number of epoxide rings is 2. The van der Waals surface area contributed by atoms with Crippen LogP contribution in [0.4, 0.5) is 14.4 Å². The first kappa shape index (κ1) is 44.9. The molecule has 7 atom stereocenters. The maximum atomic E-state index is 11.5. The molecule has 0 aromatic heterocycles. The van der Waals surface area contributed by atoms with Crippen molar-refractivity contribution in [3.8, 4) is 0 Å². The fourth-order valence-electron chi connectivity index (χ4n) is 3.15. The van der Waals surface area contributed by atoms with E-state index in [1.807, 2.05) is 0 Å². The van der Waals surface area contributed by atoms with Crippen molar-refractivity contribution in [2.45, 2.75) is 57.6 Å². The largest absolute Gasteiger partial charge is 0.509 e. The standard InChI is InChI=1S/C15H20O14.C7H12O4.C4H4O5.2CH4/c16-8(3-24-12(18)10-5-26-14(20)28-10)1-22-7-23-2-9(17)4-25-13(19)11-6-27-15(21)29-11;1(6-3-10-6)8-5-9-2-7-4-11-7;5-3(6)2-1-8-4(7)9-2;;/h8-11,16-17H,1-7H2;6-7H,1-5H2;2H,1H2,(H,5,6);2*1H4. The fourth-order valence-corrected chi connectivity index (χ4v) is 3.15. The van der Waals surface area contributed by atoms with E-state index in [9.17, 15) is 39.0 Å². The number of rotatable bonds is 19. The van der Waals surface area contributed by atoms with Crippen LogP contribution in [0.5, 0.6) is 0 Å². The van der Waals surface area contributed by atoms with E-state index < -0.39 is 80.1 Å². The Kier molecular flexibility index (Phi) is 21.3. The van der Waals surface area contributed by atoms with Crippen LogP contribution in [0.15, 0.2) is 0 Å². The number of aliphatic hydroxyl groups excluding tert-OH is 2. The van der Waals surface area contributed by atoms with Gasteiger partial charge in [0.2, 0.25) is 18.3 Å². The molecule has 5 aliphatic heterocycles. The first-order valence-electron chi connectivity index (χ1n) is 14.5. The third-order valence-electron chi connectivity index (χ3n) is 5.78. The van der Waals surface area contributed by atoms with Crippen LogP contribution in [0.3, 0.4) is 0 Å². The van der Waals surface area contributed by atoms with Crippen molar-refractivity contribution in [2.75, 3.05) is 86.3 Å². The molecule has 0 amide bonds. The van der Waals surface area contributed by atoms with Crippen LogP contribution in [0, 0.1) is 0 Å². The summed E-state index contributed by atoms with van der Waals surface area (Å²) in [6.07, 6.45) is -7.97. The number of carboxylic acids is 1. The first-order valence-corrected chi connectivity index (χ1v) is 14.5. The molecule has 51 heavy (non-hydrogen) atoms. The number of carbonyl (C=O) groups excluding carboxylic acids is 5. The lowest BCUT2D eigenvalue weighted by molar-refractivity contribution is -0.159. The molecule has 5 rings (SSSR count). The highest BCUT2D eigenvalue weighted by Gasteiger charge is 2.34. The van der Waals surface area contributed by atoms with Crippen molar-refractivity contribution in [1.29, 1.82) is 0 Å². The van der Waals surface area contributed by atoms with E-state index in [0.29, 0.717) is 32.2 Å². The van der Waals surface area contributed by atoms with Gasteiger partial charge in [-0.05, 0) is 0 Å². The van der Waals surface area contributed by atoms with Crippen molar-refractivity contribution in [2.24, 2.45) is 0 Å². The Labute approximate surface area is 291 Å². The molecule has 23 heteroatoms. The highest BCUT2D eigenvalue weighted by molar-refractivity contribution is 5.80. The van der Waals surface area contributed by atoms with Gasteiger partial charge in [0.15, 0.2) is 0 Å². The van der Waals surface area contributed by atoms with Crippen LogP contribution >= 0.6 is 0 Å². The zero-order valence-corrected chi connectivity index (χ0v) is 25.7. The summed E-state index contributed by atoms with van der Waals surface area (Å²) in [6.45, 7) is 1.06. The number of carboxylic acid groups (broad SMARTS) is 1. The Hall–Kier alpha value is -4.10. The number of hydrogen-bond acceptors (Lipinski definition) is 22. The second kappa shape index (κ2) is 24.2. The van der Waals surface area contributed by atoms with Crippen LogP contribution in [0.1, 0.15) is 14.9 Å². The molecule has 3 N–H and O–H groups in total. The summed E-state index contributed by atoms with van der Waals surface area (Å²) < 4.78 is 65.8. The van der Waals surface area contributed by atoms with Crippen LogP contribution in [-0.2, 0) is 80.7 Å². The van der Waals surface area contributed by atoms with E-state index in [2.05, 4.69) is 28.4 Å². The second-order valence-corrected chi connectivity index (χ2v) is 10.0. The summed E-state index contributed by atoms with van der Waals surface area (Å²) in [5, 5.41) is 27.4. The molecule has 0 aromatic rings. The molecule has 0 spiro atoms. The average molecular weight is 749 g/mol. The summed E-state index contributed by atoms with van der Waals surface area (Å²) >= 11 is 0. The van der Waals surface area contributed by atoms with Crippen molar-refractivity contribution >= 4 is 36.4 Å². The van der Waals surface area contributed by atoms with Crippen molar-refractivity contribution < 1.29 is 110 Å². The van der Waals surface area contributed by atoms with Gasteiger partial charge in [0.25, 0.3) is 0 Å². The highest BCUT2D eigenvalue weighted by Crippen LogP contribution is 2.11. The molecule has 0 aliphatic carbocycles. The van der Waals surface area contributed by atoms with Gasteiger partial charge in [0.1, 0.15) is 71.0 Å². The summed E-state index contributed by atoms with van der Waals surface area (Å²) in [5.74, 6) is -2.90. The fraction of sp³-hybridized carbons (Fsp3) is 0.786. The SMILES string of the molecule is C.C.C(OCC1CO1)OCC1CO1.O=C1OCC(C(=O)O)O1.O=C1OCC(C(=O)OCC(O)COCOCC(O)COC(=O)C2COC(=O)O2)O1. The number of aliphatic hydroxyl groups is 2. The molecule has 5 heterocycles. The van der Waals surface area contributed by atoms with Gasteiger partial charge >= 0.3 is 36.4 Å². The van der Waals surface area contributed by atoms with Crippen LogP contribution < -0.4 is 0 Å². The molecule has 5 aliphatic rings. The highest BCUT2D eigenvalue weighted by atomic mass is 16.8. The second-order valence-electron chi connectivity index (χ2n) is 10.0. The molecule has 5 fully saturated rings. The van der Waals surface area contributed by atoms with Gasteiger partial charge in [0, 0.05) is 0 Å². The van der Waals surface area contributed by atoms with E-state index in [4.69, 9.17) is 43.0 Å². The third kappa shape index (κ3) is 19.8. The van der Waals surface area contributed by atoms with Crippen molar-refractivity contribution in [3.63, 3.8) is 0 Å². The Bertz CT molecular complexity index is 1030. The molecule has 23 nitrogen and oxygen atoms in total. The number of ether oxygens (including phenoxy) is 14. The Morgan fingerprint density at radius 2 is 0.941 bits per heavy atom. The quantitative estimate of drug-likeness (QED) is 0.0445. The minimum atomic E-state index is -1.18. The van der Waals surface area contributed by atoms with Gasteiger partial charge in [-0.15, -0.1) is 0 Å². The zero-order valence-electron chi connectivity index (χ0n) is 25.7. The lowest BCUT2D eigenvalue weighted by Crippen LogP contribution is -2.31. The summed E-state index contributed by atoms with van der Waals surface area (Å²) in [5.41, 5.74) is 0. The van der Waals surface area contributed by atoms with Gasteiger partial charge in [-0.2, -0.15) is 0 Å². The first-order chi connectivity index (χ1) is 23.5. The molecule has 0 saturated carbocycles. The molecule has 294 valence electrons. The van der Waals surface area contributed by atoms with Crippen molar-refractivity contribution in [3.05, 3.63) is 0 Å². The smallest absolute Gasteiger partial charge is 0.478 e. The number of hydrogen-bond donors (Lipinski definition) is 3. The maximum Gasteiger partial charge on any atom is 0.509 e. The Balaban J connectivity index is 0.000000479.